The number of methoxy groups -OCH3 is 2. The van der Waals surface area contributed by atoms with Crippen molar-refractivity contribution in [3.63, 3.8) is 0 Å². The van der Waals surface area contributed by atoms with Gasteiger partial charge in [0, 0.05) is 57.6 Å². The van der Waals surface area contributed by atoms with E-state index in [1.807, 2.05) is 0 Å². The van der Waals surface area contributed by atoms with Gasteiger partial charge in [-0.1, -0.05) is 12.8 Å². The summed E-state index contributed by atoms with van der Waals surface area (Å²) in [6, 6.07) is 0. The molecule has 1 fully saturated rings. The number of rotatable bonds is 7. The molecule has 5 nitrogen and oxygen atoms in total. The highest BCUT2D eigenvalue weighted by atomic mass is 16.5. The lowest BCUT2D eigenvalue weighted by Crippen LogP contribution is -2.38. The third-order valence-electron chi connectivity index (χ3n) is 5.10. The van der Waals surface area contributed by atoms with Gasteiger partial charge in [-0.25, -0.2) is 0 Å². The first-order valence-electron chi connectivity index (χ1n) is 8.56. The average molecular weight is 307 g/mol. The Hall–Kier alpha value is -0.910. The fraction of sp³-hybridized carbons (Fsp3) is 0.824. The molecule has 5 heteroatoms. The van der Waals surface area contributed by atoms with E-state index in [2.05, 4.69) is 15.8 Å². The van der Waals surface area contributed by atoms with E-state index >= 15 is 0 Å². The second-order valence-corrected chi connectivity index (χ2v) is 6.77. The Morgan fingerprint density at radius 3 is 2.77 bits per heavy atom. The van der Waals surface area contributed by atoms with Crippen molar-refractivity contribution in [1.29, 1.82) is 0 Å². The maximum atomic E-state index is 5.49. The average Bonchev–Trinajstić information content (AvgIpc) is 3.16. The molecule has 124 valence electrons. The zero-order chi connectivity index (χ0) is 15.4. The molecule has 3 rings (SSSR count). The van der Waals surface area contributed by atoms with E-state index in [1.165, 1.54) is 36.9 Å². The number of ether oxygens (including phenoxy) is 2. The highest BCUT2D eigenvalue weighted by molar-refractivity contribution is 5.25. The normalized spacial score (nSPS) is 23.1. The predicted octanol–water partition coefficient (Wildman–Crippen LogP) is 2.27. The Labute approximate surface area is 133 Å². The Morgan fingerprint density at radius 1 is 1.23 bits per heavy atom. The highest BCUT2D eigenvalue weighted by Crippen LogP contribution is 2.31. The molecule has 1 aliphatic heterocycles. The Morgan fingerprint density at radius 2 is 2.05 bits per heavy atom. The van der Waals surface area contributed by atoms with Crippen LogP contribution in [0.2, 0.25) is 0 Å². The van der Waals surface area contributed by atoms with Crippen molar-refractivity contribution in [3.05, 3.63) is 17.5 Å². The van der Waals surface area contributed by atoms with Crippen molar-refractivity contribution < 1.29 is 9.47 Å². The zero-order valence-corrected chi connectivity index (χ0v) is 14.0. The quantitative estimate of drug-likeness (QED) is 0.775. The zero-order valence-electron chi connectivity index (χ0n) is 14.0. The Bertz CT molecular complexity index is 468. The topological polar surface area (TPSA) is 39.5 Å². The molecule has 0 N–H and O–H groups in total. The molecule has 2 heterocycles. The van der Waals surface area contributed by atoms with Gasteiger partial charge in [-0.2, -0.15) is 5.10 Å². The summed E-state index contributed by atoms with van der Waals surface area (Å²) in [6.07, 6.45) is 7.58. The lowest BCUT2D eigenvalue weighted by molar-refractivity contribution is 0.107. The van der Waals surface area contributed by atoms with E-state index in [0.29, 0.717) is 5.92 Å². The van der Waals surface area contributed by atoms with E-state index < -0.39 is 0 Å². The van der Waals surface area contributed by atoms with Crippen LogP contribution in [0.4, 0.5) is 0 Å². The van der Waals surface area contributed by atoms with Gasteiger partial charge in [0.25, 0.3) is 0 Å². The van der Waals surface area contributed by atoms with Crippen molar-refractivity contribution in [2.24, 2.45) is 5.92 Å². The summed E-state index contributed by atoms with van der Waals surface area (Å²) in [6.45, 7) is 5.65. The first kappa shape index (κ1) is 16.0. The van der Waals surface area contributed by atoms with Gasteiger partial charge in [-0.3, -0.25) is 9.58 Å². The van der Waals surface area contributed by atoms with E-state index in [4.69, 9.17) is 14.6 Å². The van der Waals surface area contributed by atoms with E-state index in [9.17, 15) is 0 Å². The summed E-state index contributed by atoms with van der Waals surface area (Å²) < 4.78 is 13.0. The smallest absolute Gasteiger partial charge is 0.0589 e. The number of hydrogen-bond acceptors (Lipinski definition) is 4. The molecule has 1 aliphatic carbocycles. The second kappa shape index (κ2) is 7.57. The Kier molecular flexibility index (Phi) is 5.50. The van der Waals surface area contributed by atoms with Crippen LogP contribution in [0.1, 0.15) is 42.9 Å². The van der Waals surface area contributed by atoms with Gasteiger partial charge >= 0.3 is 0 Å². The van der Waals surface area contributed by atoms with Gasteiger partial charge in [-0.15, -0.1) is 0 Å². The molecular weight excluding hydrogens is 278 g/mol. The second-order valence-electron chi connectivity index (χ2n) is 6.77. The van der Waals surface area contributed by atoms with Gasteiger partial charge in [0.15, 0.2) is 0 Å². The molecule has 0 amide bonds. The van der Waals surface area contributed by atoms with E-state index in [-0.39, 0.29) is 0 Å². The number of hydrogen-bond donors (Lipinski definition) is 0. The molecule has 1 atom stereocenters. The van der Waals surface area contributed by atoms with Crippen LogP contribution in [0.3, 0.4) is 0 Å². The fourth-order valence-electron chi connectivity index (χ4n) is 4.04. The molecular formula is C17H29N3O2. The lowest BCUT2D eigenvalue weighted by Gasteiger charge is -2.33. The fourth-order valence-corrected chi connectivity index (χ4v) is 4.04. The van der Waals surface area contributed by atoms with Crippen molar-refractivity contribution >= 4 is 0 Å². The summed E-state index contributed by atoms with van der Waals surface area (Å²) in [7, 11) is 3.56. The number of aromatic nitrogens is 2. The van der Waals surface area contributed by atoms with Crippen LogP contribution in [-0.4, -0.2) is 55.2 Å². The molecule has 0 saturated heterocycles. The summed E-state index contributed by atoms with van der Waals surface area (Å²) in [4.78, 5) is 2.46. The summed E-state index contributed by atoms with van der Waals surface area (Å²) in [5.74, 6) is 1.24. The van der Waals surface area contributed by atoms with Crippen LogP contribution in [0.5, 0.6) is 0 Å². The first-order chi connectivity index (χ1) is 10.8. The Balaban J connectivity index is 1.74. The summed E-state index contributed by atoms with van der Waals surface area (Å²) in [5, 5.41) is 4.71. The van der Waals surface area contributed by atoms with Gasteiger partial charge in [0.2, 0.25) is 0 Å². The van der Waals surface area contributed by atoms with Crippen LogP contribution in [0.25, 0.3) is 0 Å². The van der Waals surface area contributed by atoms with E-state index in [1.54, 1.807) is 14.2 Å². The maximum absolute atomic E-state index is 5.49. The lowest BCUT2D eigenvalue weighted by atomic mass is 9.96. The van der Waals surface area contributed by atoms with Crippen molar-refractivity contribution in [2.75, 3.05) is 40.5 Å². The van der Waals surface area contributed by atoms with Crippen LogP contribution in [0, 0.1) is 5.92 Å². The number of nitrogens with zero attached hydrogens (tertiary/aromatic N) is 3. The minimum atomic E-state index is 0.425. The van der Waals surface area contributed by atoms with Crippen molar-refractivity contribution in [3.8, 4) is 0 Å². The van der Waals surface area contributed by atoms with Gasteiger partial charge in [0.05, 0.1) is 19.4 Å². The molecule has 1 aromatic rings. The van der Waals surface area contributed by atoms with Crippen LogP contribution >= 0.6 is 0 Å². The molecule has 2 aliphatic rings. The van der Waals surface area contributed by atoms with Crippen LogP contribution in [-0.2, 0) is 22.6 Å². The standard InChI is InChI=1S/C17H29N3O2/c1-21-8-7-19-11-15-9-18-20(10-14-5-3-4-6-14)17(15)16(12-19)13-22-2/h9,14,16H,3-8,10-13H2,1-2H3/t16-/m1/s1. The first-order valence-corrected chi connectivity index (χ1v) is 8.56. The molecule has 1 aromatic heterocycles. The minimum Gasteiger partial charge on any atom is -0.384 e. The largest absolute Gasteiger partial charge is 0.384 e. The van der Waals surface area contributed by atoms with Gasteiger partial charge in [-0.05, 0) is 18.8 Å². The third kappa shape index (κ3) is 3.53. The summed E-state index contributed by atoms with van der Waals surface area (Å²) >= 11 is 0. The molecule has 0 bridgehead atoms. The third-order valence-corrected chi connectivity index (χ3v) is 5.10. The van der Waals surface area contributed by atoms with Crippen molar-refractivity contribution in [2.45, 2.75) is 44.7 Å². The molecule has 0 aromatic carbocycles. The monoisotopic (exact) mass is 307 g/mol. The molecule has 0 unspecified atom stereocenters. The molecule has 0 spiro atoms. The molecule has 1 saturated carbocycles. The predicted molar refractivity (Wildman–Crippen MR) is 86.0 cm³/mol. The van der Waals surface area contributed by atoms with Crippen LogP contribution < -0.4 is 0 Å². The van der Waals surface area contributed by atoms with Gasteiger partial charge in [0.1, 0.15) is 0 Å². The maximum Gasteiger partial charge on any atom is 0.0589 e. The number of fused-ring (bicyclic) bond motifs is 1. The summed E-state index contributed by atoms with van der Waals surface area (Å²) in [5.41, 5.74) is 2.80. The van der Waals surface area contributed by atoms with Crippen molar-refractivity contribution in [1.82, 2.24) is 14.7 Å². The van der Waals surface area contributed by atoms with Gasteiger partial charge < -0.3 is 9.47 Å². The minimum absolute atomic E-state index is 0.425. The van der Waals surface area contributed by atoms with E-state index in [0.717, 1.165) is 45.3 Å². The highest BCUT2D eigenvalue weighted by Gasteiger charge is 2.30. The van der Waals surface area contributed by atoms with Crippen LogP contribution in [0.15, 0.2) is 6.20 Å². The molecule has 0 radical (unpaired) electrons. The molecule has 22 heavy (non-hydrogen) atoms. The SMILES string of the molecule is COCCN1Cc2cnn(CC3CCCC3)c2[C@@H](COC)C1.